The Morgan fingerprint density at radius 3 is 2.53 bits per heavy atom. The number of ether oxygens (including phenoxy) is 1. The first-order valence-electron chi connectivity index (χ1n) is 4.69. The monoisotopic (exact) mass is 288 g/mol. The lowest BCUT2D eigenvalue weighted by atomic mass is 10.1. The maximum absolute atomic E-state index is 11.4. The zero-order valence-corrected chi connectivity index (χ0v) is 11.3. The molecule has 1 aromatic carbocycles. The van der Waals surface area contributed by atoms with E-state index in [1.165, 1.54) is 0 Å². The van der Waals surface area contributed by atoms with Gasteiger partial charge in [0, 0.05) is 21.8 Å². The molecule has 0 bridgehead atoms. The van der Waals surface area contributed by atoms with Crippen molar-refractivity contribution in [2.75, 3.05) is 7.11 Å². The summed E-state index contributed by atoms with van der Waals surface area (Å²) in [6, 6.07) is 8.94. The van der Waals surface area contributed by atoms with Crippen LogP contribution < -0.4 is 4.74 Å². The molecule has 0 aliphatic carbocycles. The Labute approximate surface area is 108 Å². The Morgan fingerprint density at radius 1 is 1.18 bits per heavy atom. The van der Waals surface area contributed by atoms with E-state index in [1.807, 2.05) is 12.1 Å². The van der Waals surface area contributed by atoms with Gasteiger partial charge in [0.05, 0.1) is 7.11 Å². The Morgan fingerprint density at radius 2 is 1.88 bits per heavy atom. The molecule has 90 valence electrons. The van der Waals surface area contributed by atoms with Gasteiger partial charge in [0.1, 0.15) is 9.96 Å². The second-order valence-electron chi connectivity index (χ2n) is 3.26. The highest BCUT2D eigenvalue weighted by atomic mass is 35.7. The van der Waals surface area contributed by atoms with E-state index in [2.05, 4.69) is 0 Å². The molecule has 0 amide bonds. The molecule has 0 N–H and O–H groups in total. The lowest BCUT2D eigenvalue weighted by Gasteiger charge is -2.07. The Hall–Kier alpha value is -1.04. The third kappa shape index (κ3) is 2.46. The van der Waals surface area contributed by atoms with E-state index in [9.17, 15) is 8.42 Å². The lowest BCUT2D eigenvalue weighted by molar-refractivity contribution is 0.416. The fourth-order valence-electron chi connectivity index (χ4n) is 1.55. The first-order chi connectivity index (χ1) is 8.04. The van der Waals surface area contributed by atoms with Crippen molar-refractivity contribution in [1.29, 1.82) is 0 Å². The van der Waals surface area contributed by atoms with Gasteiger partial charge in [0.25, 0.3) is 9.05 Å². The second-order valence-corrected chi connectivity index (χ2v) is 6.94. The molecule has 2 rings (SSSR count). The molecule has 0 aliphatic heterocycles. The van der Waals surface area contributed by atoms with Gasteiger partial charge in [0.15, 0.2) is 0 Å². The van der Waals surface area contributed by atoms with Gasteiger partial charge in [-0.15, -0.1) is 11.3 Å². The van der Waals surface area contributed by atoms with Crippen molar-refractivity contribution in [3.05, 3.63) is 35.7 Å². The maximum Gasteiger partial charge on any atom is 0.271 e. The molecule has 0 saturated heterocycles. The van der Waals surface area contributed by atoms with E-state index in [-0.39, 0.29) is 4.21 Å². The Kier molecular flexibility index (Phi) is 3.42. The van der Waals surface area contributed by atoms with Crippen LogP contribution in [0.5, 0.6) is 5.75 Å². The Balaban J connectivity index is 2.66. The molecule has 0 atom stereocenters. The number of hydrogen-bond donors (Lipinski definition) is 0. The molecule has 0 unspecified atom stereocenters. The highest BCUT2D eigenvalue weighted by Crippen LogP contribution is 2.38. The molecule has 17 heavy (non-hydrogen) atoms. The third-order valence-electron chi connectivity index (χ3n) is 2.25. The van der Waals surface area contributed by atoms with Crippen LogP contribution in [0.15, 0.2) is 39.9 Å². The summed E-state index contributed by atoms with van der Waals surface area (Å²) < 4.78 is 28.2. The summed E-state index contributed by atoms with van der Waals surface area (Å²) >= 11 is 1.10. The summed E-state index contributed by atoms with van der Waals surface area (Å²) in [5.74, 6) is 0.618. The van der Waals surface area contributed by atoms with Gasteiger partial charge >= 0.3 is 0 Å². The molecule has 2 aromatic rings. The van der Waals surface area contributed by atoms with Crippen molar-refractivity contribution in [2.45, 2.75) is 4.21 Å². The summed E-state index contributed by atoms with van der Waals surface area (Å²) in [7, 11) is 3.21. The molecule has 1 heterocycles. The van der Waals surface area contributed by atoms with Gasteiger partial charge in [-0.1, -0.05) is 18.2 Å². The minimum Gasteiger partial charge on any atom is -0.496 e. The molecule has 1 aromatic heterocycles. The van der Waals surface area contributed by atoms with Crippen molar-refractivity contribution in [3.8, 4) is 16.9 Å². The van der Waals surface area contributed by atoms with Gasteiger partial charge in [0.2, 0.25) is 0 Å². The molecule has 0 spiro atoms. The predicted octanol–water partition coefficient (Wildman–Crippen LogP) is 3.35. The molecule has 0 aliphatic rings. The summed E-state index contributed by atoms with van der Waals surface area (Å²) in [5, 5.41) is 1.69. The van der Waals surface area contributed by atoms with E-state index >= 15 is 0 Å². The van der Waals surface area contributed by atoms with Crippen LogP contribution in [0.2, 0.25) is 0 Å². The van der Waals surface area contributed by atoms with Crippen LogP contribution >= 0.6 is 22.0 Å². The van der Waals surface area contributed by atoms with Gasteiger partial charge in [-0.05, 0) is 17.5 Å². The first-order valence-corrected chi connectivity index (χ1v) is 7.88. The van der Waals surface area contributed by atoms with Gasteiger partial charge in [-0.3, -0.25) is 0 Å². The minimum absolute atomic E-state index is 0.142. The van der Waals surface area contributed by atoms with E-state index in [1.54, 1.807) is 30.7 Å². The van der Waals surface area contributed by atoms with E-state index in [0.717, 1.165) is 16.9 Å². The average molecular weight is 289 g/mol. The molecule has 3 nitrogen and oxygen atoms in total. The lowest BCUT2D eigenvalue weighted by Crippen LogP contribution is -1.92. The quantitative estimate of drug-likeness (QED) is 0.814. The minimum atomic E-state index is -3.73. The molecule has 6 heteroatoms. The van der Waals surface area contributed by atoms with E-state index in [0.29, 0.717) is 11.3 Å². The molecular formula is C11H9ClO3S2. The first kappa shape index (κ1) is 12.4. The number of rotatable bonds is 3. The van der Waals surface area contributed by atoms with Crippen molar-refractivity contribution >= 4 is 31.1 Å². The number of halogens is 1. The SMILES string of the molecule is COc1ccccc1-c1ccsc1S(=O)(=O)Cl. The third-order valence-corrected chi connectivity index (χ3v) is 5.30. The number of hydrogen-bond acceptors (Lipinski definition) is 4. The van der Waals surface area contributed by atoms with Crippen LogP contribution in [0, 0.1) is 0 Å². The van der Waals surface area contributed by atoms with Crippen molar-refractivity contribution in [2.24, 2.45) is 0 Å². The van der Waals surface area contributed by atoms with Crippen LogP contribution in [0.1, 0.15) is 0 Å². The van der Waals surface area contributed by atoms with E-state index in [4.69, 9.17) is 15.4 Å². The van der Waals surface area contributed by atoms with Crippen LogP contribution in [0.25, 0.3) is 11.1 Å². The summed E-state index contributed by atoms with van der Waals surface area (Å²) in [6.07, 6.45) is 0. The fourth-order valence-corrected chi connectivity index (χ4v) is 3.83. The van der Waals surface area contributed by atoms with E-state index < -0.39 is 9.05 Å². The highest BCUT2D eigenvalue weighted by molar-refractivity contribution is 8.15. The standard InChI is InChI=1S/C11H9ClO3S2/c1-15-10-5-3-2-4-8(10)9-6-7-16-11(9)17(12,13)14/h2-7H,1H3. The second kappa shape index (κ2) is 4.68. The number of benzene rings is 1. The summed E-state index contributed by atoms with van der Waals surface area (Å²) in [5.41, 5.74) is 1.29. The number of methoxy groups -OCH3 is 1. The van der Waals surface area contributed by atoms with Crippen molar-refractivity contribution in [1.82, 2.24) is 0 Å². The average Bonchev–Trinajstić information content (AvgIpc) is 2.77. The zero-order valence-electron chi connectivity index (χ0n) is 8.88. The summed E-state index contributed by atoms with van der Waals surface area (Å²) in [4.78, 5) is 0. The smallest absolute Gasteiger partial charge is 0.271 e. The molecule has 0 saturated carbocycles. The normalized spacial score (nSPS) is 11.4. The van der Waals surface area contributed by atoms with Gasteiger partial charge in [-0.2, -0.15) is 0 Å². The number of thiophene rings is 1. The maximum atomic E-state index is 11.4. The van der Waals surface area contributed by atoms with Gasteiger partial charge < -0.3 is 4.74 Å². The number of para-hydroxylation sites is 1. The Bertz CT molecular complexity index is 632. The predicted molar refractivity (Wildman–Crippen MR) is 69.3 cm³/mol. The molecular weight excluding hydrogens is 280 g/mol. The highest BCUT2D eigenvalue weighted by Gasteiger charge is 2.20. The van der Waals surface area contributed by atoms with Crippen LogP contribution in [0.3, 0.4) is 0 Å². The van der Waals surface area contributed by atoms with Crippen molar-refractivity contribution < 1.29 is 13.2 Å². The zero-order chi connectivity index (χ0) is 12.5. The summed E-state index contributed by atoms with van der Waals surface area (Å²) in [6.45, 7) is 0. The molecule has 0 radical (unpaired) electrons. The van der Waals surface area contributed by atoms with Crippen LogP contribution in [-0.4, -0.2) is 15.5 Å². The van der Waals surface area contributed by atoms with Crippen LogP contribution in [0.4, 0.5) is 0 Å². The van der Waals surface area contributed by atoms with Crippen LogP contribution in [-0.2, 0) is 9.05 Å². The van der Waals surface area contributed by atoms with Gasteiger partial charge in [-0.25, -0.2) is 8.42 Å². The largest absolute Gasteiger partial charge is 0.496 e. The van der Waals surface area contributed by atoms with Crippen molar-refractivity contribution in [3.63, 3.8) is 0 Å². The molecule has 0 fully saturated rings. The fraction of sp³-hybridized carbons (Fsp3) is 0.0909. The topological polar surface area (TPSA) is 43.4 Å².